The summed E-state index contributed by atoms with van der Waals surface area (Å²) >= 11 is 0. The van der Waals surface area contributed by atoms with Gasteiger partial charge in [0.1, 0.15) is 5.78 Å². The van der Waals surface area contributed by atoms with Crippen molar-refractivity contribution in [2.24, 2.45) is 11.3 Å². The van der Waals surface area contributed by atoms with Crippen LogP contribution >= 0.6 is 0 Å². The van der Waals surface area contributed by atoms with E-state index in [1.165, 1.54) is 7.11 Å². The first-order valence-electron chi connectivity index (χ1n) is 6.74. The molecule has 0 radical (unpaired) electrons. The summed E-state index contributed by atoms with van der Waals surface area (Å²) in [5.41, 5.74) is 0.167. The molecule has 0 aliphatic carbocycles. The number of alkyl carbamates (subject to hydrolysis) is 1. The lowest BCUT2D eigenvalue weighted by Crippen LogP contribution is -2.43. The molecule has 0 unspecified atom stereocenters. The number of benzene rings is 1. The van der Waals surface area contributed by atoms with Crippen LogP contribution < -0.4 is 5.32 Å². The molecule has 0 saturated heterocycles. The van der Waals surface area contributed by atoms with Gasteiger partial charge in [0.15, 0.2) is 0 Å². The van der Waals surface area contributed by atoms with Crippen LogP contribution in [0.2, 0.25) is 0 Å². The number of hydrogen-bond donors (Lipinski definition) is 1. The number of hydrogen-bond acceptors (Lipinski definition) is 3. The Morgan fingerprint density at radius 1 is 1.15 bits per heavy atom. The number of ether oxygens (including phenoxy) is 1. The van der Waals surface area contributed by atoms with Gasteiger partial charge in [0.25, 0.3) is 0 Å². The van der Waals surface area contributed by atoms with E-state index in [9.17, 15) is 9.59 Å². The molecule has 1 atom stereocenters. The number of carbonyl (C=O) groups excluding carboxylic acids is 2. The van der Waals surface area contributed by atoms with Crippen molar-refractivity contribution in [2.75, 3.05) is 7.11 Å². The molecule has 1 aromatic rings. The second kappa shape index (κ2) is 6.55. The van der Waals surface area contributed by atoms with Crippen molar-refractivity contribution in [3.63, 3.8) is 0 Å². The van der Waals surface area contributed by atoms with E-state index in [0.29, 0.717) is 0 Å². The van der Waals surface area contributed by atoms with Gasteiger partial charge in [0.2, 0.25) is 0 Å². The molecule has 1 N–H and O–H groups in total. The number of rotatable bonds is 5. The number of carbonyl (C=O) groups is 2. The summed E-state index contributed by atoms with van der Waals surface area (Å²) in [7, 11) is 1.31. The molecule has 110 valence electrons. The van der Waals surface area contributed by atoms with E-state index in [1.807, 2.05) is 58.0 Å². The number of nitrogens with one attached hydrogen (secondary N) is 1. The Bertz CT molecular complexity index is 466. The average Bonchev–Trinajstić information content (AvgIpc) is 2.44. The molecule has 1 aromatic carbocycles. The van der Waals surface area contributed by atoms with Gasteiger partial charge in [-0.25, -0.2) is 4.79 Å². The van der Waals surface area contributed by atoms with Crippen LogP contribution in [0.5, 0.6) is 0 Å². The van der Waals surface area contributed by atoms with Gasteiger partial charge in [0.05, 0.1) is 13.2 Å². The Kier molecular flexibility index (Phi) is 5.31. The van der Waals surface area contributed by atoms with Crippen LogP contribution in [0.4, 0.5) is 4.79 Å². The Balaban J connectivity index is 3.17. The Hall–Kier alpha value is -1.84. The van der Waals surface area contributed by atoms with Gasteiger partial charge in [-0.3, -0.25) is 4.79 Å². The predicted molar refractivity (Wildman–Crippen MR) is 78.3 cm³/mol. The number of Topliss-reactive ketones (excluding diaryl/α,β-unsaturated/α-hetero) is 1. The highest BCUT2D eigenvalue weighted by molar-refractivity contribution is 5.87. The fourth-order valence-corrected chi connectivity index (χ4v) is 2.39. The van der Waals surface area contributed by atoms with Crippen molar-refractivity contribution < 1.29 is 14.3 Å². The van der Waals surface area contributed by atoms with Crippen molar-refractivity contribution in [3.05, 3.63) is 35.9 Å². The largest absolute Gasteiger partial charge is 0.453 e. The predicted octanol–water partition coefficient (Wildman–Crippen LogP) is 3.34. The molecule has 1 amide bonds. The fraction of sp³-hybridized carbons (Fsp3) is 0.500. The maximum Gasteiger partial charge on any atom is 0.407 e. The monoisotopic (exact) mass is 277 g/mol. The van der Waals surface area contributed by atoms with Crippen LogP contribution in [-0.4, -0.2) is 19.0 Å². The first-order valence-corrected chi connectivity index (χ1v) is 6.74. The van der Waals surface area contributed by atoms with Gasteiger partial charge in [-0.2, -0.15) is 0 Å². The summed E-state index contributed by atoms with van der Waals surface area (Å²) in [4.78, 5) is 24.0. The summed E-state index contributed by atoms with van der Waals surface area (Å²) in [6, 6.07) is 9.04. The molecule has 1 rings (SSSR count). The van der Waals surface area contributed by atoms with Crippen LogP contribution in [0.1, 0.15) is 39.3 Å². The van der Waals surface area contributed by atoms with E-state index in [2.05, 4.69) is 10.1 Å². The summed E-state index contributed by atoms with van der Waals surface area (Å²) in [5.74, 6) is -0.00147. The highest BCUT2D eigenvalue weighted by Gasteiger charge is 2.39. The maximum atomic E-state index is 12.5. The van der Waals surface area contributed by atoms with E-state index >= 15 is 0 Å². The quantitative estimate of drug-likeness (QED) is 0.898. The van der Waals surface area contributed by atoms with Crippen molar-refractivity contribution >= 4 is 11.9 Å². The molecule has 4 heteroatoms. The SMILES string of the molecule is COC(=O)N[C@@H](c1ccccc1)C(C)(C)C(=O)C(C)C. The molecule has 0 aliphatic rings. The Morgan fingerprint density at radius 3 is 2.15 bits per heavy atom. The minimum atomic E-state index is -0.719. The van der Waals surface area contributed by atoms with E-state index in [1.54, 1.807) is 0 Å². The second-order valence-electron chi connectivity index (χ2n) is 5.72. The smallest absolute Gasteiger partial charge is 0.407 e. The zero-order valence-electron chi connectivity index (χ0n) is 12.8. The summed E-state index contributed by atoms with van der Waals surface area (Å²) in [6.07, 6.45) is -0.538. The molecule has 0 heterocycles. The molecule has 0 aliphatic heterocycles. The van der Waals surface area contributed by atoms with Gasteiger partial charge < -0.3 is 10.1 Å². The van der Waals surface area contributed by atoms with Gasteiger partial charge in [-0.1, -0.05) is 58.0 Å². The van der Waals surface area contributed by atoms with E-state index in [0.717, 1.165) is 5.56 Å². The van der Waals surface area contributed by atoms with Gasteiger partial charge in [-0.05, 0) is 5.56 Å². The minimum Gasteiger partial charge on any atom is -0.453 e. The molecule has 0 spiro atoms. The Labute approximate surface area is 120 Å². The summed E-state index contributed by atoms with van der Waals surface area (Å²) < 4.78 is 4.68. The lowest BCUT2D eigenvalue weighted by atomic mass is 9.73. The van der Waals surface area contributed by atoms with Crippen molar-refractivity contribution in [3.8, 4) is 0 Å². The molecular weight excluding hydrogens is 254 g/mol. The average molecular weight is 277 g/mol. The number of ketones is 1. The molecular formula is C16H23NO3. The first-order chi connectivity index (χ1) is 9.30. The van der Waals surface area contributed by atoms with E-state index in [-0.39, 0.29) is 11.7 Å². The van der Waals surface area contributed by atoms with Crippen molar-refractivity contribution in [2.45, 2.75) is 33.7 Å². The van der Waals surface area contributed by atoms with E-state index < -0.39 is 17.6 Å². The fourth-order valence-electron chi connectivity index (χ4n) is 2.39. The molecule has 0 saturated carbocycles. The molecule has 4 nitrogen and oxygen atoms in total. The van der Waals surface area contributed by atoms with Crippen molar-refractivity contribution in [1.29, 1.82) is 0 Å². The second-order valence-corrected chi connectivity index (χ2v) is 5.72. The van der Waals surface area contributed by atoms with Crippen LogP contribution in [0.3, 0.4) is 0 Å². The standard InChI is InChI=1S/C16H23NO3/c1-11(2)14(18)16(3,4)13(17-15(19)20-5)12-9-7-6-8-10-12/h6-11,13H,1-5H3,(H,17,19)/t13-/m0/s1. The lowest BCUT2D eigenvalue weighted by Gasteiger charge is -2.34. The van der Waals surface area contributed by atoms with Crippen LogP contribution in [0, 0.1) is 11.3 Å². The third-order valence-corrected chi connectivity index (χ3v) is 3.46. The highest BCUT2D eigenvalue weighted by Crippen LogP contribution is 2.36. The number of methoxy groups -OCH3 is 1. The van der Waals surface area contributed by atoms with Gasteiger partial charge in [-0.15, -0.1) is 0 Å². The highest BCUT2D eigenvalue weighted by atomic mass is 16.5. The summed E-state index contributed by atoms with van der Waals surface area (Å²) in [6.45, 7) is 7.43. The van der Waals surface area contributed by atoms with Gasteiger partial charge in [0, 0.05) is 11.3 Å². The zero-order chi connectivity index (χ0) is 15.3. The summed E-state index contributed by atoms with van der Waals surface area (Å²) in [5, 5.41) is 2.78. The molecule has 0 aromatic heterocycles. The lowest BCUT2D eigenvalue weighted by molar-refractivity contribution is -0.131. The molecule has 20 heavy (non-hydrogen) atoms. The Morgan fingerprint density at radius 2 is 1.70 bits per heavy atom. The van der Waals surface area contributed by atoms with E-state index in [4.69, 9.17) is 0 Å². The third-order valence-electron chi connectivity index (χ3n) is 3.46. The topological polar surface area (TPSA) is 55.4 Å². The molecule has 0 fully saturated rings. The number of amides is 1. The normalized spacial score (nSPS) is 12.9. The minimum absolute atomic E-state index is 0.0998. The maximum absolute atomic E-state index is 12.5. The van der Waals surface area contributed by atoms with Gasteiger partial charge >= 0.3 is 6.09 Å². The third kappa shape index (κ3) is 3.59. The first kappa shape index (κ1) is 16.2. The van der Waals surface area contributed by atoms with Crippen LogP contribution in [0.15, 0.2) is 30.3 Å². The zero-order valence-corrected chi connectivity index (χ0v) is 12.8. The van der Waals surface area contributed by atoms with Crippen LogP contribution in [-0.2, 0) is 9.53 Å². The van der Waals surface area contributed by atoms with Crippen molar-refractivity contribution in [1.82, 2.24) is 5.32 Å². The molecule has 0 bridgehead atoms. The van der Waals surface area contributed by atoms with Crippen LogP contribution in [0.25, 0.3) is 0 Å².